The maximum absolute atomic E-state index is 4.18. The zero-order chi connectivity index (χ0) is 15.4. The minimum Gasteiger partial charge on any atom is -0.282 e. The molecule has 0 saturated heterocycles. The van der Waals surface area contributed by atoms with Crippen molar-refractivity contribution in [3.63, 3.8) is 0 Å². The minimum absolute atomic E-state index is 0.995. The van der Waals surface area contributed by atoms with Crippen molar-refractivity contribution in [3.05, 3.63) is 23.7 Å². The van der Waals surface area contributed by atoms with Gasteiger partial charge in [-0.3, -0.25) is 10.1 Å². The van der Waals surface area contributed by atoms with Crippen LogP contribution >= 0.6 is 0 Å². The molecule has 0 amide bonds. The van der Waals surface area contributed by atoms with Crippen molar-refractivity contribution in [1.29, 1.82) is 0 Å². The lowest BCUT2D eigenvalue weighted by molar-refractivity contribution is 0.656. The molecule has 20 heavy (non-hydrogen) atoms. The number of aromatic nitrogens is 3. The highest BCUT2D eigenvalue weighted by Gasteiger charge is 2.02. The smallest absolute Gasteiger partial charge is 0.0957 e. The van der Waals surface area contributed by atoms with Crippen LogP contribution in [0.5, 0.6) is 0 Å². The largest absolute Gasteiger partial charge is 0.282 e. The SMILES string of the molecule is CC.CCCCCCC.Cc1nccc2n[nH]c(C)c12. The van der Waals surface area contributed by atoms with Gasteiger partial charge >= 0.3 is 0 Å². The number of fused-ring (bicyclic) bond motifs is 1. The first-order valence-corrected chi connectivity index (χ1v) is 7.97. The number of nitrogens with one attached hydrogen (secondary N) is 1. The van der Waals surface area contributed by atoms with E-state index < -0.39 is 0 Å². The van der Waals surface area contributed by atoms with Gasteiger partial charge in [0.2, 0.25) is 0 Å². The molecule has 0 aromatic carbocycles. The Morgan fingerprint density at radius 2 is 1.60 bits per heavy atom. The van der Waals surface area contributed by atoms with Gasteiger partial charge in [0.05, 0.1) is 5.52 Å². The molecule has 0 atom stereocenters. The first-order chi connectivity index (χ1) is 9.70. The quantitative estimate of drug-likeness (QED) is 0.741. The zero-order valence-electron chi connectivity index (χ0n) is 14.1. The van der Waals surface area contributed by atoms with Gasteiger partial charge in [0.1, 0.15) is 0 Å². The third kappa shape index (κ3) is 6.18. The molecule has 3 nitrogen and oxygen atoms in total. The van der Waals surface area contributed by atoms with Crippen LogP contribution < -0.4 is 0 Å². The Labute approximate surface area is 124 Å². The minimum atomic E-state index is 0.995. The molecule has 0 radical (unpaired) electrons. The molecule has 2 aromatic rings. The van der Waals surface area contributed by atoms with E-state index in [-0.39, 0.29) is 0 Å². The highest BCUT2D eigenvalue weighted by Crippen LogP contribution is 2.16. The van der Waals surface area contributed by atoms with Crippen molar-refractivity contribution in [2.24, 2.45) is 0 Å². The monoisotopic (exact) mass is 277 g/mol. The van der Waals surface area contributed by atoms with Gasteiger partial charge in [-0.2, -0.15) is 5.10 Å². The van der Waals surface area contributed by atoms with E-state index in [0.717, 1.165) is 22.3 Å². The third-order valence-corrected chi connectivity index (χ3v) is 3.04. The van der Waals surface area contributed by atoms with Gasteiger partial charge in [0.15, 0.2) is 0 Å². The van der Waals surface area contributed by atoms with E-state index >= 15 is 0 Å². The summed E-state index contributed by atoms with van der Waals surface area (Å²) in [4.78, 5) is 4.18. The van der Waals surface area contributed by atoms with E-state index in [4.69, 9.17) is 0 Å². The summed E-state index contributed by atoms with van der Waals surface area (Å²) in [5.74, 6) is 0. The molecule has 0 bridgehead atoms. The van der Waals surface area contributed by atoms with E-state index in [9.17, 15) is 0 Å². The van der Waals surface area contributed by atoms with Crippen LogP contribution in [0.4, 0.5) is 0 Å². The van der Waals surface area contributed by atoms with Crippen molar-refractivity contribution in [2.75, 3.05) is 0 Å². The Balaban J connectivity index is 0.000000352. The molecule has 0 spiro atoms. The predicted molar refractivity (Wildman–Crippen MR) is 89.1 cm³/mol. The molecule has 0 aliphatic carbocycles. The molecule has 2 rings (SSSR count). The Morgan fingerprint density at radius 1 is 1.00 bits per heavy atom. The van der Waals surface area contributed by atoms with Gasteiger partial charge < -0.3 is 0 Å². The van der Waals surface area contributed by atoms with Crippen LogP contribution in [0, 0.1) is 13.8 Å². The van der Waals surface area contributed by atoms with Crippen LogP contribution in [0.2, 0.25) is 0 Å². The molecule has 0 unspecified atom stereocenters. The van der Waals surface area contributed by atoms with Crippen molar-refractivity contribution in [3.8, 4) is 0 Å². The van der Waals surface area contributed by atoms with Crippen LogP contribution in [-0.2, 0) is 0 Å². The normalized spacial score (nSPS) is 9.50. The molecule has 2 heterocycles. The maximum Gasteiger partial charge on any atom is 0.0957 e. The lowest BCUT2D eigenvalue weighted by Crippen LogP contribution is -1.81. The molecule has 0 fully saturated rings. The summed E-state index contributed by atoms with van der Waals surface area (Å²) in [5.41, 5.74) is 3.12. The molecule has 3 heteroatoms. The Morgan fingerprint density at radius 3 is 2.10 bits per heavy atom. The fourth-order valence-electron chi connectivity index (χ4n) is 1.99. The highest BCUT2D eigenvalue weighted by atomic mass is 15.1. The number of rotatable bonds is 4. The predicted octanol–water partition coefficient (Wildman–Crippen LogP) is 5.58. The lowest BCUT2D eigenvalue weighted by Gasteiger charge is -1.92. The molecule has 0 aliphatic heterocycles. The number of hydrogen-bond donors (Lipinski definition) is 1. The van der Waals surface area contributed by atoms with Gasteiger partial charge in [-0.25, -0.2) is 0 Å². The van der Waals surface area contributed by atoms with Crippen molar-refractivity contribution >= 4 is 10.9 Å². The van der Waals surface area contributed by atoms with Crippen LogP contribution in [0.25, 0.3) is 10.9 Å². The second-order valence-electron chi connectivity index (χ2n) is 4.70. The third-order valence-electron chi connectivity index (χ3n) is 3.04. The summed E-state index contributed by atoms with van der Waals surface area (Å²) in [5, 5.41) is 8.19. The first-order valence-electron chi connectivity index (χ1n) is 7.97. The average molecular weight is 277 g/mol. The van der Waals surface area contributed by atoms with E-state index in [0.29, 0.717) is 0 Å². The average Bonchev–Trinajstić information content (AvgIpc) is 2.85. The number of hydrogen-bond acceptors (Lipinski definition) is 2. The van der Waals surface area contributed by atoms with Crippen LogP contribution in [-0.4, -0.2) is 15.2 Å². The fraction of sp³-hybridized carbons (Fsp3) is 0.647. The van der Waals surface area contributed by atoms with Crippen molar-refractivity contribution in [2.45, 2.75) is 73.6 Å². The van der Waals surface area contributed by atoms with Crippen molar-refractivity contribution in [1.82, 2.24) is 15.2 Å². The van der Waals surface area contributed by atoms with Crippen LogP contribution in [0.15, 0.2) is 12.3 Å². The van der Waals surface area contributed by atoms with Gasteiger partial charge in [-0.1, -0.05) is 59.8 Å². The Kier molecular flexibility index (Phi) is 10.7. The second-order valence-corrected chi connectivity index (χ2v) is 4.70. The lowest BCUT2D eigenvalue weighted by atomic mass is 10.2. The number of unbranched alkanes of at least 4 members (excludes halogenated alkanes) is 4. The molecule has 0 aliphatic rings. The summed E-state index contributed by atoms with van der Waals surface area (Å²) >= 11 is 0. The molecule has 2 aromatic heterocycles. The topological polar surface area (TPSA) is 41.6 Å². The number of aryl methyl sites for hydroxylation is 2. The molecule has 0 saturated carbocycles. The van der Waals surface area contributed by atoms with Gasteiger partial charge in [-0.05, 0) is 19.9 Å². The zero-order valence-corrected chi connectivity index (χ0v) is 14.1. The second kappa shape index (κ2) is 11.4. The standard InChI is InChI=1S/C8H9N3.C7H16.C2H6/c1-5-8-6(2)10-11-7(8)3-4-9-5;1-3-5-7-6-4-2;1-2/h3-4H,1-2H3,(H,10,11);3-7H2,1-2H3;1-2H3. The fourth-order valence-corrected chi connectivity index (χ4v) is 1.99. The van der Waals surface area contributed by atoms with Crippen LogP contribution in [0.3, 0.4) is 0 Å². The number of H-pyrrole nitrogens is 1. The number of pyridine rings is 1. The summed E-state index contributed by atoms with van der Waals surface area (Å²) in [6.07, 6.45) is 8.78. The van der Waals surface area contributed by atoms with Gasteiger partial charge in [0.25, 0.3) is 0 Å². The summed E-state index contributed by atoms with van der Waals surface area (Å²) < 4.78 is 0. The number of nitrogens with zero attached hydrogens (tertiary/aromatic N) is 2. The summed E-state index contributed by atoms with van der Waals surface area (Å²) in [6, 6.07) is 1.91. The van der Waals surface area contributed by atoms with E-state index in [1.165, 1.54) is 32.1 Å². The highest BCUT2D eigenvalue weighted by molar-refractivity contribution is 5.82. The van der Waals surface area contributed by atoms with E-state index in [1.54, 1.807) is 6.20 Å². The maximum atomic E-state index is 4.18. The van der Waals surface area contributed by atoms with E-state index in [1.807, 2.05) is 33.8 Å². The van der Waals surface area contributed by atoms with Gasteiger partial charge in [-0.15, -0.1) is 0 Å². The van der Waals surface area contributed by atoms with E-state index in [2.05, 4.69) is 29.0 Å². The van der Waals surface area contributed by atoms with Crippen LogP contribution in [0.1, 0.15) is 71.2 Å². The Bertz CT molecular complexity index is 456. The first kappa shape index (κ1) is 18.6. The molecular weight excluding hydrogens is 246 g/mol. The summed E-state index contributed by atoms with van der Waals surface area (Å²) in [7, 11) is 0. The molecule has 114 valence electrons. The van der Waals surface area contributed by atoms with Crippen molar-refractivity contribution < 1.29 is 0 Å². The Hall–Kier alpha value is -1.38. The molecular formula is C17H31N3. The number of aromatic amines is 1. The van der Waals surface area contributed by atoms with Gasteiger partial charge in [0, 0.05) is 23.0 Å². The molecule has 1 N–H and O–H groups in total. The summed E-state index contributed by atoms with van der Waals surface area (Å²) in [6.45, 7) is 12.5.